The Labute approximate surface area is 100 Å². The zero-order valence-corrected chi connectivity index (χ0v) is 9.87. The van der Waals surface area contributed by atoms with Gasteiger partial charge in [0.25, 0.3) is 0 Å². The van der Waals surface area contributed by atoms with Gasteiger partial charge in [0.15, 0.2) is 0 Å². The van der Waals surface area contributed by atoms with E-state index in [-0.39, 0.29) is 24.3 Å². The van der Waals surface area contributed by atoms with E-state index in [0.29, 0.717) is 5.02 Å². The van der Waals surface area contributed by atoms with E-state index in [1.54, 1.807) is 6.07 Å². The lowest BCUT2D eigenvalue weighted by Crippen LogP contribution is -2.27. The molecule has 1 saturated heterocycles. The summed E-state index contributed by atoms with van der Waals surface area (Å²) < 4.78 is 13.0. The maximum atomic E-state index is 13.0. The highest BCUT2D eigenvalue weighted by atomic mass is 35.5. The molecule has 1 N–H and O–H groups in total. The van der Waals surface area contributed by atoms with Gasteiger partial charge in [0, 0.05) is 11.1 Å². The van der Waals surface area contributed by atoms with Crippen molar-refractivity contribution in [2.45, 2.75) is 25.3 Å². The van der Waals surface area contributed by atoms with Crippen molar-refractivity contribution in [3.05, 3.63) is 34.6 Å². The van der Waals surface area contributed by atoms with Crippen LogP contribution in [0.5, 0.6) is 0 Å². The lowest BCUT2D eigenvalue weighted by Gasteiger charge is -2.24. The standard InChI is InChI=1S/C11H13ClFN.ClH/c12-10-5-4-8(13)7-9(10)11-3-1-2-6-14-11;/h4-5,7,11,14H,1-3,6H2;1H/t11-;/m0./s1. The monoisotopic (exact) mass is 249 g/mol. The van der Waals surface area contributed by atoms with Crippen LogP contribution < -0.4 is 5.32 Å². The summed E-state index contributed by atoms with van der Waals surface area (Å²) in [5.41, 5.74) is 0.895. The van der Waals surface area contributed by atoms with Gasteiger partial charge in [-0.1, -0.05) is 18.0 Å². The van der Waals surface area contributed by atoms with E-state index in [1.165, 1.54) is 25.0 Å². The molecule has 1 aromatic rings. The first-order valence-electron chi connectivity index (χ1n) is 4.96. The topological polar surface area (TPSA) is 12.0 Å². The summed E-state index contributed by atoms with van der Waals surface area (Å²) in [6, 6.07) is 4.79. The first kappa shape index (κ1) is 12.8. The lowest BCUT2D eigenvalue weighted by atomic mass is 9.97. The third-order valence-electron chi connectivity index (χ3n) is 2.64. The van der Waals surface area contributed by atoms with Gasteiger partial charge in [-0.15, -0.1) is 12.4 Å². The minimum atomic E-state index is -0.211. The highest BCUT2D eigenvalue weighted by molar-refractivity contribution is 6.31. The Morgan fingerprint density at radius 3 is 2.80 bits per heavy atom. The SMILES string of the molecule is Cl.Fc1ccc(Cl)c([C@@H]2CCCCN2)c1. The Kier molecular flexibility index (Phi) is 4.84. The molecule has 0 spiro atoms. The van der Waals surface area contributed by atoms with E-state index in [4.69, 9.17) is 11.6 Å². The summed E-state index contributed by atoms with van der Waals surface area (Å²) >= 11 is 6.02. The van der Waals surface area contributed by atoms with Crippen LogP contribution in [0.2, 0.25) is 5.02 Å². The second kappa shape index (κ2) is 5.69. The molecule has 0 radical (unpaired) electrons. The van der Waals surface area contributed by atoms with Crippen molar-refractivity contribution >= 4 is 24.0 Å². The molecular weight excluding hydrogens is 236 g/mol. The average Bonchev–Trinajstić information content (AvgIpc) is 2.23. The van der Waals surface area contributed by atoms with Crippen LogP contribution in [-0.2, 0) is 0 Å². The molecular formula is C11H14Cl2FN. The van der Waals surface area contributed by atoms with Crippen LogP contribution in [0.4, 0.5) is 4.39 Å². The van der Waals surface area contributed by atoms with Gasteiger partial charge < -0.3 is 5.32 Å². The third kappa shape index (κ3) is 3.07. The van der Waals surface area contributed by atoms with Crippen LogP contribution in [-0.4, -0.2) is 6.54 Å². The lowest BCUT2D eigenvalue weighted by molar-refractivity contribution is 0.411. The number of rotatable bonds is 1. The van der Waals surface area contributed by atoms with Gasteiger partial charge in [-0.2, -0.15) is 0 Å². The molecule has 1 atom stereocenters. The molecule has 0 aliphatic carbocycles. The van der Waals surface area contributed by atoms with Crippen molar-refractivity contribution in [1.82, 2.24) is 5.32 Å². The van der Waals surface area contributed by atoms with Gasteiger partial charge in [0.2, 0.25) is 0 Å². The Morgan fingerprint density at radius 1 is 1.33 bits per heavy atom. The molecule has 1 nitrogen and oxygen atoms in total. The van der Waals surface area contributed by atoms with E-state index < -0.39 is 0 Å². The van der Waals surface area contributed by atoms with Gasteiger partial charge in [-0.05, 0) is 43.1 Å². The van der Waals surface area contributed by atoms with Gasteiger partial charge in [0.05, 0.1) is 0 Å². The second-order valence-electron chi connectivity index (χ2n) is 3.67. The van der Waals surface area contributed by atoms with Crippen molar-refractivity contribution in [3.63, 3.8) is 0 Å². The summed E-state index contributed by atoms with van der Waals surface area (Å²) in [5.74, 6) is -0.211. The predicted octanol–water partition coefficient (Wildman–Crippen LogP) is 3.72. The van der Waals surface area contributed by atoms with Crippen LogP contribution >= 0.6 is 24.0 Å². The van der Waals surface area contributed by atoms with Gasteiger partial charge in [-0.3, -0.25) is 0 Å². The smallest absolute Gasteiger partial charge is 0.123 e. The van der Waals surface area contributed by atoms with E-state index in [0.717, 1.165) is 18.5 Å². The molecule has 1 aliphatic heterocycles. The fraction of sp³-hybridized carbons (Fsp3) is 0.455. The normalized spacial score (nSPS) is 20.8. The van der Waals surface area contributed by atoms with Crippen molar-refractivity contribution in [2.75, 3.05) is 6.54 Å². The molecule has 1 fully saturated rings. The zero-order valence-electron chi connectivity index (χ0n) is 8.30. The first-order valence-corrected chi connectivity index (χ1v) is 5.33. The number of halogens is 3. The number of nitrogens with one attached hydrogen (secondary N) is 1. The zero-order chi connectivity index (χ0) is 9.97. The summed E-state index contributed by atoms with van der Waals surface area (Å²) in [5, 5.41) is 4.01. The number of hydrogen-bond donors (Lipinski definition) is 1. The second-order valence-corrected chi connectivity index (χ2v) is 4.08. The maximum Gasteiger partial charge on any atom is 0.123 e. The molecule has 2 rings (SSSR count). The predicted molar refractivity (Wildman–Crippen MR) is 63.3 cm³/mol. The molecule has 0 saturated carbocycles. The molecule has 0 aromatic heterocycles. The van der Waals surface area contributed by atoms with Crippen molar-refractivity contribution in [3.8, 4) is 0 Å². The van der Waals surface area contributed by atoms with E-state index in [1.807, 2.05) is 0 Å². The molecule has 84 valence electrons. The fourth-order valence-corrected chi connectivity index (χ4v) is 2.15. The van der Waals surface area contributed by atoms with Gasteiger partial charge in [-0.25, -0.2) is 4.39 Å². The largest absolute Gasteiger partial charge is 0.310 e. The van der Waals surface area contributed by atoms with E-state index >= 15 is 0 Å². The molecule has 1 aromatic carbocycles. The number of benzene rings is 1. The van der Waals surface area contributed by atoms with Crippen LogP contribution in [0.1, 0.15) is 30.9 Å². The quantitative estimate of drug-likeness (QED) is 0.801. The van der Waals surface area contributed by atoms with Crippen molar-refractivity contribution < 1.29 is 4.39 Å². The van der Waals surface area contributed by atoms with Crippen LogP contribution in [0.3, 0.4) is 0 Å². The van der Waals surface area contributed by atoms with Crippen LogP contribution in [0, 0.1) is 5.82 Å². The molecule has 15 heavy (non-hydrogen) atoms. The minimum Gasteiger partial charge on any atom is -0.310 e. The minimum absolute atomic E-state index is 0. The molecule has 1 heterocycles. The Bertz CT molecular complexity index is 324. The molecule has 4 heteroatoms. The van der Waals surface area contributed by atoms with Crippen molar-refractivity contribution in [1.29, 1.82) is 0 Å². The fourth-order valence-electron chi connectivity index (χ4n) is 1.90. The molecule has 1 aliphatic rings. The number of hydrogen-bond acceptors (Lipinski definition) is 1. The van der Waals surface area contributed by atoms with Crippen LogP contribution in [0.25, 0.3) is 0 Å². The highest BCUT2D eigenvalue weighted by Crippen LogP contribution is 2.29. The summed E-state index contributed by atoms with van der Waals surface area (Å²) in [6.07, 6.45) is 3.43. The highest BCUT2D eigenvalue weighted by Gasteiger charge is 2.17. The van der Waals surface area contributed by atoms with Crippen molar-refractivity contribution in [2.24, 2.45) is 0 Å². The Morgan fingerprint density at radius 2 is 2.13 bits per heavy atom. The third-order valence-corrected chi connectivity index (χ3v) is 2.99. The van der Waals surface area contributed by atoms with Gasteiger partial charge in [0.1, 0.15) is 5.82 Å². The molecule has 0 amide bonds. The summed E-state index contributed by atoms with van der Waals surface area (Å²) in [6.45, 7) is 0.998. The first-order chi connectivity index (χ1) is 6.77. The maximum absolute atomic E-state index is 13.0. The molecule has 0 bridgehead atoms. The Hall–Kier alpha value is -0.310. The summed E-state index contributed by atoms with van der Waals surface area (Å²) in [7, 11) is 0. The Balaban J connectivity index is 0.00000112. The van der Waals surface area contributed by atoms with E-state index in [2.05, 4.69) is 5.32 Å². The van der Waals surface area contributed by atoms with Crippen LogP contribution in [0.15, 0.2) is 18.2 Å². The average molecular weight is 250 g/mol. The van der Waals surface area contributed by atoms with Gasteiger partial charge >= 0.3 is 0 Å². The number of piperidine rings is 1. The molecule has 0 unspecified atom stereocenters. The summed E-state index contributed by atoms with van der Waals surface area (Å²) in [4.78, 5) is 0. The van der Waals surface area contributed by atoms with E-state index in [9.17, 15) is 4.39 Å².